The summed E-state index contributed by atoms with van der Waals surface area (Å²) in [6, 6.07) is 12.4. The van der Waals surface area contributed by atoms with Crippen LogP contribution in [0, 0.1) is 0 Å². The minimum atomic E-state index is -1.82. The number of carboxylic acid groups (broad SMARTS) is 2. The highest BCUT2D eigenvalue weighted by molar-refractivity contribution is 9.10. The van der Waals surface area contributed by atoms with E-state index in [0.29, 0.717) is 6.61 Å². The minimum absolute atomic E-state index is 0.671. The molecule has 2 aromatic carbocycles. The number of aliphatic carboxylic acids is 2. The fraction of sp³-hybridized carbons (Fsp3) is 0.333. The van der Waals surface area contributed by atoms with E-state index in [2.05, 4.69) is 58.4 Å². The first-order chi connectivity index (χ1) is 12.3. The topological polar surface area (TPSA) is 99.1 Å². The van der Waals surface area contributed by atoms with Crippen LogP contribution < -0.4 is 10.1 Å². The van der Waals surface area contributed by atoms with E-state index in [-0.39, 0.29) is 0 Å². The summed E-state index contributed by atoms with van der Waals surface area (Å²) in [6.45, 7) is 3.55. The van der Waals surface area contributed by atoms with Crippen LogP contribution in [0.15, 0.2) is 40.9 Å². The Morgan fingerprint density at radius 2 is 1.73 bits per heavy atom. The summed E-state index contributed by atoms with van der Waals surface area (Å²) in [4.78, 5) is 20.4. The van der Waals surface area contributed by atoms with Gasteiger partial charge in [-0.3, -0.25) is 0 Å². The van der Waals surface area contributed by atoms with Gasteiger partial charge in [0.15, 0.2) is 0 Å². The van der Waals surface area contributed by atoms with Gasteiger partial charge in [0.2, 0.25) is 0 Å². The Labute approximate surface area is 160 Å². The van der Waals surface area contributed by atoms with Gasteiger partial charge in [-0.05, 0) is 46.9 Å². The molecule has 0 aromatic heterocycles. The van der Waals surface area contributed by atoms with Crippen molar-refractivity contribution in [3.05, 3.63) is 40.9 Å². The molecule has 0 aliphatic carbocycles. The van der Waals surface area contributed by atoms with Crippen molar-refractivity contribution < 1.29 is 24.5 Å². The van der Waals surface area contributed by atoms with Gasteiger partial charge >= 0.3 is 11.9 Å². The summed E-state index contributed by atoms with van der Waals surface area (Å²) in [5.41, 5.74) is 0. The molecule has 3 N–H and O–H groups in total. The van der Waals surface area contributed by atoms with Crippen molar-refractivity contribution in [2.75, 3.05) is 40.3 Å². The third-order valence-electron chi connectivity index (χ3n) is 3.28. The second-order valence-corrected chi connectivity index (χ2v) is 6.40. The normalized spacial score (nSPS) is 10.3. The number of carbonyl (C=O) groups is 2. The van der Waals surface area contributed by atoms with E-state index in [1.807, 2.05) is 18.2 Å². The van der Waals surface area contributed by atoms with Crippen molar-refractivity contribution in [2.45, 2.75) is 0 Å². The van der Waals surface area contributed by atoms with Gasteiger partial charge in [0.1, 0.15) is 12.4 Å². The van der Waals surface area contributed by atoms with E-state index < -0.39 is 11.9 Å². The van der Waals surface area contributed by atoms with Gasteiger partial charge in [-0.2, -0.15) is 0 Å². The zero-order valence-corrected chi connectivity index (χ0v) is 16.3. The van der Waals surface area contributed by atoms with Crippen molar-refractivity contribution in [1.29, 1.82) is 0 Å². The molecule has 0 saturated heterocycles. The monoisotopic (exact) mass is 426 g/mol. The third kappa shape index (κ3) is 7.81. The summed E-state index contributed by atoms with van der Waals surface area (Å²) in [5, 5.41) is 20.5. The smallest absolute Gasteiger partial charge is 0.414 e. The Hall–Kier alpha value is -2.16. The van der Waals surface area contributed by atoms with Crippen LogP contribution in [0.1, 0.15) is 0 Å². The van der Waals surface area contributed by atoms with Crippen LogP contribution in [0.4, 0.5) is 0 Å². The van der Waals surface area contributed by atoms with Gasteiger partial charge in [-0.1, -0.05) is 30.3 Å². The highest BCUT2D eigenvalue weighted by atomic mass is 79.9. The maximum absolute atomic E-state index is 9.10. The van der Waals surface area contributed by atoms with Crippen molar-refractivity contribution in [3.63, 3.8) is 0 Å². The lowest BCUT2D eigenvalue weighted by atomic mass is 10.1. The number of halogens is 1. The summed E-state index contributed by atoms with van der Waals surface area (Å²) < 4.78 is 6.86. The SMILES string of the molecule is CN(C)CCNCCOc1ccc2ccccc2c1Br.O=C(O)C(=O)O. The molecule has 2 rings (SSSR count). The maximum atomic E-state index is 9.10. The summed E-state index contributed by atoms with van der Waals surface area (Å²) in [5.74, 6) is -2.75. The first kappa shape index (κ1) is 21.9. The van der Waals surface area contributed by atoms with Crippen molar-refractivity contribution in [1.82, 2.24) is 10.2 Å². The molecule has 8 heteroatoms. The Kier molecular flexibility index (Phi) is 9.64. The van der Waals surface area contributed by atoms with Crippen LogP contribution in [-0.4, -0.2) is 67.4 Å². The fourth-order valence-corrected chi connectivity index (χ4v) is 2.59. The standard InChI is InChI=1S/C16H21BrN2O.C2H2O4/c1-19(2)11-9-18-10-12-20-15-8-7-13-5-3-4-6-14(13)16(15)17;3-1(4)2(5)6/h3-8,18H,9-12H2,1-2H3;(H,3,4)(H,5,6). The van der Waals surface area contributed by atoms with Crippen LogP contribution in [0.3, 0.4) is 0 Å². The van der Waals surface area contributed by atoms with E-state index in [1.54, 1.807) is 0 Å². The molecule has 0 bridgehead atoms. The number of ether oxygens (including phenoxy) is 1. The van der Waals surface area contributed by atoms with Gasteiger partial charge in [0, 0.05) is 19.6 Å². The minimum Gasteiger partial charge on any atom is -0.491 e. The molecule has 0 unspecified atom stereocenters. The van der Waals surface area contributed by atoms with Crippen LogP contribution in [0.5, 0.6) is 5.75 Å². The number of fused-ring (bicyclic) bond motifs is 1. The molecular formula is C18H23BrN2O5. The van der Waals surface area contributed by atoms with E-state index in [9.17, 15) is 0 Å². The zero-order chi connectivity index (χ0) is 19.5. The number of hydrogen-bond acceptors (Lipinski definition) is 5. The summed E-state index contributed by atoms with van der Waals surface area (Å²) >= 11 is 3.63. The zero-order valence-electron chi connectivity index (χ0n) is 14.7. The third-order valence-corrected chi connectivity index (χ3v) is 4.10. The predicted octanol–water partition coefficient (Wildman–Crippen LogP) is 2.29. The number of likely N-dealkylation sites (N-methyl/N-ethyl adjacent to an activating group) is 1. The van der Waals surface area contributed by atoms with Crippen LogP contribution in [0.25, 0.3) is 10.8 Å². The van der Waals surface area contributed by atoms with Gasteiger partial charge in [0.25, 0.3) is 0 Å². The van der Waals surface area contributed by atoms with Gasteiger partial charge in [0.05, 0.1) is 4.47 Å². The number of rotatable bonds is 7. The molecule has 7 nitrogen and oxygen atoms in total. The highest BCUT2D eigenvalue weighted by Crippen LogP contribution is 2.32. The van der Waals surface area contributed by atoms with Crippen molar-refractivity contribution in [3.8, 4) is 5.75 Å². The van der Waals surface area contributed by atoms with Crippen molar-refractivity contribution in [2.24, 2.45) is 0 Å². The lowest BCUT2D eigenvalue weighted by Crippen LogP contribution is -2.29. The molecule has 2 aromatic rings. The number of nitrogens with zero attached hydrogens (tertiary/aromatic N) is 1. The van der Waals surface area contributed by atoms with E-state index in [1.165, 1.54) is 10.8 Å². The molecule has 26 heavy (non-hydrogen) atoms. The number of benzene rings is 2. The molecule has 0 spiro atoms. The molecular weight excluding hydrogens is 404 g/mol. The molecule has 0 fully saturated rings. The number of nitrogens with one attached hydrogen (secondary N) is 1. The second kappa shape index (κ2) is 11.5. The van der Waals surface area contributed by atoms with Gasteiger partial charge < -0.3 is 25.2 Å². The molecule has 0 aliphatic rings. The highest BCUT2D eigenvalue weighted by Gasteiger charge is 2.05. The lowest BCUT2D eigenvalue weighted by molar-refractivity contribution is -0.159. The van der Waals surface area contributed by atoms with E-state index >= 15 is 0 Å². The van der Waals surface area contributed by atoms with Crippen LogP contribution >= 0.6 is 15.9 Å². The fourth-order valence-electron chi connectivity index (χ4n) is 1.99. The summed E-state index contributed by atoms with van der Waals surface area (Å²) in [6.07, 6.45) is 0. The average Bonchev–Trinajstić information content (AvgIpc) is 2.60. The predicted molar refractivity (Wildman–Crippen MR) is 104 cm³/mol. The van der Waals surface area contributed by atoms with E-state index in [0.717, 1.165) is 29.9 Å². The number of hydrogen-bond donors (Lipinski definition) is 3. The first-order valence-corrected chi connectivity index (χ1v) is 8.74. The molecule has 0 saturated carbocycles. The van der Waals surface area contributed by atoms with Gasteiger partial charge in [-0.25, -0.2) is 9.59 Å². The molecule has 0 amide bonds. The molecule has 142 valence electrons. The maximum Gasteiger partial charge on any atom is 0.414 e. The largest absolute Gasteiger partial charge is 0.491 e. The average molecular weight is 427 g/mol. The first-order valence-electron chi connectivity index (χ1n) is 7.94. The van der Waals surface area contributed by atoms with Crippen LogP contribution in [0.2, 0.25) is 0 Å². The Balaban J connectivity index is 0.000000487. The lowest BCUT2D eigenvalue weighted by Gasteiger charge is -2.12. The Morgan fingerprint density at radius 3 is 2.35 bits per heavy atom. The van der Waals surface area contributed by atoms with Gasteiger partial charge in [-0.15, -0.1) is 0 Å². The molecule has 0 heterocycles. The molecule has 0 radical (unpaired) electrons. The summed E-state index contributed by atoms with van der Waals surface area (Å²) in [7, 11) is 4.15. The Bertz CT molecular complexity index is 725. The Morgan fingerprint density at radius 1 is 1.08 bits per heavy atom. The quantitative estimate of drug-likeness (QED) is 0.461. The van der Waals surface area contributed by atoms with Crippen molar-refractivity contribution >= 4 is 38.6 Å². The molecule has 0 atom stereocenters. The molecule has 0 aliphatic heterocycles. The number of carboxylic acids is 2. The van der Waals surface area contributed by atoms with E-state index in [4.69, 9.17) is 24.5 Å². The van der Waals surface area contributed by atoms with Crippen LogP contribution in [-0.2, 0) is 9.59 Å². The second-order valence-electron chi connectivity index (χ2n) is 5.61.